The minimum atomic E-state index is -0.676. The van der Waals surface area contributed by atoms with Crippen LogP contribution in [0.2, 0.25) is 0 Å². The van der Waals surface area contributed by atoms with Gasteiger partial charge in [-0.1, -0.05) is 5.39 Å². The van der Waals surface area contributed by atoms with E-state index in [0.717, 1.165) is 0 Å². The summed E-state index contributed by atoms with van der Waals surface area (Å²) in [5, 5.41) is 0.359. The van der Waals surface area contributed by atoms with Gasteiger partial charge in [-0.2, -0.15) is 18.2 Å². The van der Waals surface area contributed by atoms with Crippen molar-refractivity contribution >= 4 is 28.5 Å². The van der Waals surface area contributed by atoms with Crippen LogP contribution in [0.25, 0.3) is 10.9 Å². The molecule has 0 aliphatic carbocycles. The van der Waals surface area contributed by atoms with Crippen molar-refractivity contribution in [2.24, 2.45) is 0 Å². The fourth-order valence-electron chi connectivity index (χ4n) is 2.50. The predicted molar refractivity (Wildman–Crippen MR) is 76.4 cm³/mol. The zero-order valence-corrected chi connectivity index (χ0v) is 15.1. The SMILES string of the molecule is CCOC(=O)c1cn2c3c(c[c-]cc3c1=O)N(C)C(=O)C2.[Y]. The summed E-state index contributed by atoms with van der Waals surface area (Å²) in [5.74, 6) is -0.799. The van der Waals surface area contributed by atoms with Crippen LogP contribution >= 0.6 is 0 Å². The maximum absolute atomic E-state index is 12.4. The normalized spacial score (nSPS) is 13.0. The minimum absolute atomic E-state index is 0. The van der Waals surface area contributed by atoms with Gasteiger partial charge in [-0.3, -0.25) is 4.79 Å². The first-order valence-electron chi connectivity index (χ1n) is 6.55. The van der Waals surface area contributed by atoms with Gasteiger partial charge < -0.3 is 19.0 Å². The molecule has 0 atom stereocenters. The van der Waals surface area contributed by atoms with Crippen LogP contribution in [0.4, 0.5) is 5.69 Å². The van der Waals surface area contributed by atoms with Crippen LogP contribution in [-0.4, -0.2) is 30.1 Å². The zero-order valence-electron chi connectivity index (χ0n) is 12.3. The Kier molecular flexibility index (Phi) is 4.82. The number of pyridine rings is 1. The Balaban J connectivity index is 0.00000176. The molecule has 1 aromatic carbocycles. The van der Waals surface area contributed by atoms with Gasteiger partial charge in [0.1, 0.15) is 11.0 Å². The van der Waals surface area contributed by atoms with Crippen molar-refractivity contribution in [3.05, 3.63) is 40.2 Å². The standard InChI is InChI=1S/C15H13N2O4.Y/c1-3-21-15(20)10-7-17-8-12(18)16(2)11-6-4-5-9(13(11)17)14(10)19;/h5-7H,3,8H2,1-2H3;/q-1;. The number of hydrogen-bond donors (Lipinski definition) is 0. The van der Waals surface area contributed by atoms with Crippen molar-refractivity contribution < 1.29 is 47.0 Å². The van der Waals surface area contributed by atoms with Gasteiger partial charge in [0.15, 0.2) is 0 Å². The summed E-state index contributed by atoms with van der Waals surface area (Å²) < 4.78 is 6.52. The molecule has 111 valence electrons. The summed E-state index contributed by atoms with van der Waals surface area (Å²) in [6, 6.07) is 6.03. The van der Waals surface area contributed by atoms with E-state index in [0.29, 0.717) is 16.6 Å². The Morgan fingerprint density at radius 1 is 1.36 bits per heavy atom. The number of aromatic nitrogens is 1. The van der Waals surface area contributed by atoms with E-state index in [1.165, 1.54) is 17.2 Å². The minimum Gasteiger partial charge on any atom is -0.462 e. The van der Waals surface area contributed by atoms with E-state index in [-0.39, 0.29) is 57.3 Å². The summed E-state index contributed by atoms with van der Waals surface area (Å²) in [6.45, 7) is 1.94. The Hall–Kier alpha value is -1.53. The molecule has 2 heterocycles. The number of anilines is 1. The predicted octanol–water partition coefficient (Wildman–Crippen LogP) is 0.952. The third-order valence-electron chi connectivity index (χ3n) is 3.54. The van der Waals surface area contributed by atoms with Gasteiger partial charge >= 0.3 is 5.97 Å². The molecule has 1 aromatic heterocycles. The van der Waals surface area contributed by atoms with Crippen molar-refractivity contribution in [3.63, 3.8) is 0 Å². The van der Waals surface area contributed by atoms with Gasteiger partial charge in [-0.05, 0) is 18.1 Å². The summed E-state index contributed by atoms with van der Waals surface area (Å²) in [4.78, 5) is 37.8. The molecule has 0 bridgehead atoms. The molecule has 0 saturated heterocycles. The summed E-state index contributed by atoms with van der Waals surface area (Å²) in [6.07, 6.45) is 1.40. The molecular weight excluding hydrogens is 361 g/mol. The van der Waals surface area contributed by atoms with Crippen molar-refractivity contribution in [2.45, 2.75) is 13.5 Å². The van der Waals surface area contributed by atoms with Gasteiger partial charge in [0.25, 0.3) is 0 Å². The molecule has 0 N–H and O–H groups in total. The summed E-state index contributed by atoms with van der Waals surface area (Å²) >= 11 is 0. The largest absolute Gasteiger partial charge is 0.462 e. The second-order valence-electron chi connectivity index (χ2n) is 4.78. The van der Waals surface area contributed by atoms with Crippen LogP contribution in [0.15, 0.2) is 23.1 Å². The summed E-state index contributed by atoms with van der Waals surface area (Å²) in [5.41, 5.74) is 0.776. The van der Waals surface area contributed by atoms with Crippen molar-refractivity contribution in [1.82, 2.24) is 4.57 Å². The van der Waals surface area contributed by atoms with E-state index in [4.69, 9.17) is 4.74 Å². The van der Waals surface area contributed by atoms with E-state index in [2.05, 4.69) is 6.07 Å². The number of amides is 1. The monoisotopic (exact) mass is 374 g/mol. The van der Waals surface area contributed by atoms with Crippen molar-refractivity contribution in [1.29, 1.82) is 0 Å². The number of esters is 1. The molecule has 1 amide bonds. The number of nitrogens with zero attached hydrogens (tertiary/aromatic N) is 2. The molecule has 0 saturated carbocycles. The van der Waals surface area contributed by atoms with Gasteiger partial charge in [-0.15, -0.1) is 0 Å². The molecule has 6 nitrogen and oxygen atoms in total. The molecule has 3 rings (SSSR count). The van der Waals surface area contributed by atoms with E-state index < -0.39 is 11.4 Å². The molecule has 22 heavy (non-hydrogen) atoms. The van der Waals surface area contributed by atoms with Crippen molar-refractivity contribution in [2.75, 3.05) is 18.6 Å². The number of likely N-dealkylation sites (N-methyl/N-ethyl adjacent to an activating group) is 1. The molecule has 0 fully saturated rings. The van der Waals surface area contributed by atoms with E-state index in [1.807, 2.05) is 0 Å². The van der Waals surface area contributed by atoms with Crippen LogP contribution in [0.3, 0.4) is 0 Å². The molecule has 1 aliphatic rings. The molecule has 2 aromatic rings. The Morgan fingerprint density at radius 3 is 2.77 bits per heavy atom. The molecule has 7 heteroatoms. The third kappa shape index (κ3) is 2.50. The molecule has 0 spiro atoms. The molecule has 1 radical (unpaired) electrons. The smallest absolute Gasteiger partial charge is 0.342 e. The second-order valence-corrected chi connectivity index (χ2v) is 4.78. The van der Waals surface area contributed by atoms with Gasteiger partial charge in [0.05, 0.1) is 13.2 Å². The number of ether oxygens (including phenoxy) is 1. The average molecular weight is 374 g/mol. The maximum atomic E-state index is 12.4. The van der Waals surface area contributed by atoms with E-state index in [1.54, 1.807) is 24.6 Å². The van der Waals surface area contributed by atoms with Gasteiger partial charge in [-0.25, -0.2) is 4.79 Å². The summed E-state index contributed by atoms with van der Waals surface area (Å²) in [7, 11) is 1.65. The fraction of sp³-hybridized carbons (Fsp3) is 0.267. The van der Waals surface area contributed by atoms with E-state index >= 15 is 0 Å². The Bertz CT molecular complexity index is 828. The van der Waals surface area contributed by atoms with Crippen LogP contribution < -0.4 is 10.3 Å². The van der Waals surface area contributed by atoms with Crippen LogP contribution in [0.5, 0.6) is 0 Å². The number of hydrogen-bond acceptors (Lipinski definition) is 4. The topological polar surface area (TPSA) is 68.6 Å². The number of rotatable bonds is 2. The van der Waals surface area contributed by atoms with Gasteiger partial charge in [0, 0.05) is 46.0 Å². The van der Waals surface area contributed by atoms with Crippen LogP contribution in [0.1, 0.15) is 17.3 Å². The van der Waals surface area contributed by atoms with Crippen LogP contribution in [-0.2, 0) is 48.8 Å². The maximum Gasteiger partial charge on any atom is 0.342 e. The van der Waals surface area contributed by atoms with Crippen LogP contribution in [0, 0.1) is 6.07 Å². The van der Waals surface area contributed by atoms with E-state index in [9.17, 15) is 14.4 Å². The first kappa shape index (κ1) is 16.8. The van der Waals surface area contributed by atoms with Crippen molar-refractivity contribution in [3.8, 4) is 0 Å². The quantitative estimate of drug-likeness (QED) is 0.580. The number of benzene rings is 1. The van der Waals surface area contributed by atoms with Gasteiger partial charge in [0.2, 0.25) is 5.91 Å². The third-order valence-corrected chi connectivity index (χ3v) is 3.54. The second kappa shape index (κ2) is 6.30. The number of carbonyl (C=O) groups excluding carboxylic acids is 2. The molecule has 0 unspecified atom stereocenters. The average Bonchev–Trinajstić information content (AvgIpc) is 2.47. The zero-order chi connectivity index (χ0) is 15.1. The first-order valence-corrected chi connectivity index (χ1v) is 6.55. The molecular formula is C15H13N2O4Y-. The molecule has 1 aliphatic heterocycles. The first-order chi connectivity index (χ1) is 10.0. The Labute approximate surface area is 151 Å². The number of carbonyl (C=O) groups is 2. The Morgan fingerprint density at radius 2 is 2.09 bits per heavy atom. The fourth-order valence-corrected chi connectivity index (χ4v) is 2.50.